The Morgan fingerprint density at radius 1 is 0.969 bits per heavy atom. The molecule has 2 unspecified atom stereocenters. The Labute approximate surface area is 201 Å². The van der Waals surface area contributed by atoms with E-state index in [0.717, 1.165) is 17.7 Å². The molecule has 0 spiro atoms. The van der Waals surface area contributed by atoms with Gasteiger partial charge in [-0.25, -0.2) is 0 Å². The number of primary amides is 1. The van der Waals surface area contributed by atoms with Crippen molar-refractivity contribution in [3.63, 3.8) is 0 Å². The number of thioether (sulfide) groups is 1. The zero-order valence-electron chi connectivity index (χ0n) is 20.5. The summed E-state index contributed by atoms with van der Waals surface area (Å²) in [4.78, 5) is 15.8. The highest BCUT2D eigenvalue weighted by Gasteiger charge is 2.42. The van der Waals surface area contributed by atoms with Crippen molar-refractivity contribution in [2.75, 3.05) is 5.75 Å². The van der Waals surface area contributed by atoms with Crippen molar-refractivity contribution in [2.45, 2.75) is 127 Å². The van der Waals surface area contributed by atoms with E-state index in [1.165, 1.54) is 103 Å². The molecule has 1 aromatic rings. The summed E-state index contributed by atoms with van der Waals surface area (Å²) in [6.07, 6.45) is 26.8. The molecule has 5 heteroatoms. The van der Waals surface area contributed by atoms with E-state index in [4.69, 9.17) is 5.73 Å². The van der Waals surface area contributed by atoms with Gasteiger partial charge >= 0.3 is 0 Å². The van der Waals surface area contributed by atoms with Crippen molar-refractivity contribution in [3.8, 4) is 0 Å². The molecular weight excluding hydrogens is 414 g/mol. The molecule has 1 aromatic heterocycles. The van der Waals surface area contributed by atoms with Crippen LogP contribution >= 0.6 is 11.8 Å². The van der Waals surface area contributed by atoms with Crippen LogP contribution in [0.2, 0.25) is 0 Å². The number of unbranched alkanes of at least 4 members (excludes halogenated alkanes) is 15. The molecule has 4 nitrogen and oxygen atoms in total. The first kappa shape index (κ1) is 27.2. The van der Waals surface area contributed by atoms with Crippen LogP contribution in [0.1, 0.15) is 122 Å². The monoisotopic (exact) mass is 461 g/mol. The standard InChI is InChI=1S/C27H47N3OS/c1-2-3-4-5-6-7-8-9-10-11-12-13-14-15-16-17-20-27(24-19-18-21-29-22-24)30-25(23-32-27)26(28)31/h18-19,21-22,25,30H,2-17,20,23H2,1H3,(H2,28,31). The molecule has 0 saturated carbocycles. The van der Waals surface area contributed by atoms with Gasteiger partial charge in [-0.15, -0.1) is 11.8 Å². The lowest BCUT2D eigenvalue weighted by Gasteiger charge is -2.29. The van der Waals surface area contributed by atoms with Gasteiger partial charge in [-0.3, -0.25) is 15.1 Å². The van der Waals surface area contributed by atoms with Gasteiger partial charge in [0.1, 0.15) is 0 Å². The van der Waals surface area contributed by atoms with Crippen LogP contribution in [0.3, 0.4) is 0 Å². The molecule has 2 atom stereocenters. The quantitative estimate of drug-likeness (QED) is 0.216. The number of hydrogen-bond donors (Lipinski definition) is 2. The summed E-state index contributed by atoms with van der Waals surface area (Å²) in [5.41, 5.74) is 6.72. The molecular formula is C27H47N3OS. The van der Waals surface area contributed by atoms with E-state index < -0.39 is 0 Å². The zero-order chi connectivity index (χ0) is 22.9. The zero-order valence-corrected chi connectivity index (χ0v) is 21.3. The van der Waals surface area contributed by atoms with Gasteiger partial charge in [0.25, 0.3) is 0 Å². The number of carbonyl (C=O) groups excluding carboxylic acids is 1. The predicted molar refractivity (Wildman–Crippen MR) is 139 cm³/mol. The molecule has 1 aliphatic rings. The van der Waals surface area contributed by atoms with Crippen LogP contribution in [0.5, 0.6) is 0 Å². The topological polar surface area (TPSA) is 68.0 Å². The molecule has 2 heterocycles. The fourth-order valence-corrected chi connectivity index (χ4v) is 6.22. The Bertz CT molecular complexity index is 612. The summed E-state index contributed by atoms with van der Waals surface area (Å²) in [7, 11) is 0. The minimum Gasteiger partial charge on any atom is -0.368 e. The fraction of sp³-hybridized carbons (Fsp3) is 0.778. The van der Waals surface area contributed by atoms with Crippen molar-refractivity contribution >= 4 is 17.7 Å². The van der Waals surface area contributed by atoms with Crippen LogP contribution in [0.15, 0.2) is 24.5 Å². The Kier molecular flexibility index (Phi) is 14.0. The van der Waals surface area contributed by atoms with E-state index in [1.807, 2.05) is 24.0 Å². The number of nitrogens with one attached hydrogen (secondary N) is 1. The molecule has 32 heavy (non-hydrogen) atoms. The van der Waals surface area contributed by atoms with Gasteiger partial charge in [0.15, 0.2) is 0 Å². The van der Waals surface area contributed by atoms with E-state index in [9.17, 15) is 4.79 Å². The van der Waals surface area contributed by atoms with Crippen molar-refractivity contribution in [1.29, 1.82) is 0 Å². The van der Waals surface area contributed by atoms with Crippen molar-refractivity contribution < 1.29 is 4.79 Å². The third kappa shape index (κ3) is 10.2. The molecule has 0 bridgehead atoms. The predicted octanol–water partition coefficient (Wildman–Crippen LogP) is 7.08. The Morgan fingerprint density at radius 3 is 1.94 bits per heavy atom. The van der Waals surface area contributed by atoms with Crippen LogP contribution in [-0.4, -0.2) is 22.7 Å². The van der Waals surface area contributed by atoms with Gasteiger partial charge in [-0.2, -0.15) is 0 Å². The normalized spacial score (nSPS) is 20.6. The largest absolute Gasteiger partial charge is 0.368 e. The van der Waals surface area contributed by atoms with Gasteiger partial charge in [0.2, 0.25) is 5.91 Å². The number of pyridine rings is 1. The second kappa shape index (κ2) is 16.5. The lowest BCUT2D eigenvalue weighted by molar-refractivity contribution is -0.119. The second-order valence-electron chi connectivity index (χ2n) is 9.53. The number of nitrogens with zero attached hydrogens (tertiary/aromatic N) is 1. The molecule has 0 aromatic carbocycles. The van der Waals surface area contributed by atoms with Gasteiger partial charge in [0, 0.05) is 23.7 Å². The van der Waals surface area contributed by atoms with Gasteiger partial charge in [0.05, 0.1) is 10.9 Å². The maximum absolute atomic E-state index is 11.7. The van der Waals surface area contributed by atoms with Gasteiger partial charge in [-0.05, 0) is 12.5 Å². The van der Waals surface area contributed by atoms with E-state index >= 15 is 0 Å². The van der Waals surface area contributed by atoms with Crippen LogP contribution < -0.4 is 11.1 Å². The third-order valence-corrected chi connectivity index (χ3v) is 8.31. The second-order valence-corrected chi connectivity index (χ2v) is 10.9. The minimum atomic E-state index is -0.254. The lowest BCUT2D eigenvalue weighted by atomic mass is 9.99. The molecule has 1 saturated heterocycles. The molecule has 1 amide bonds. The van der Waals surface area contributed by atoms with Crippen LogP contribution in [0.25, 0.3) is 0 Å². The number of hydrogen-bond acceptors (Lipinski definition) is 4. The minimum absolute atomic E-state index is 0.218. The number of carbonyl (C=O) groups is 1. The third-order valence-electron chi connectivity index (χ3n) is 6.76. The number of rotatable bonds is 19. The van der Waals surface area contributed by atoms with E-state index in [-0.39, 0.29) is 16.8 Å². The molecule has 1 fully saturated rings. The van der Waals surface area contributed by atoms with Crippen molar-refractivity contribution in [2.24, 2.45) is 5.73 Å². The molecule has 3 N–H and O–H groups in total. The summed E-state index contributed by atoms with van der Waals surface area (Å²) in [6, 6.07) is 3.84. The van der Waals surface area contributed by atoms with Crippen LogP contribution in [0.4, 0.5) is 0 Å². The van der Waals surface area contributed by atoms with Crippen LogP contribution in [0, 0.1) is 0 Å². The molecule has 0 radical (unpaired) electrons. The summed E-state index contributed by atoms with van der Waals surface area (Å²) < 4.78 is 0. The first-order valence-electron chi connectivity index (χ1n) is 13.3. The highest BCUT2D eigenvalue weighted by Crippen LogP contribution is 2.43. The van der Waals surface area contributed by atoms with E-state index in [2.05, 4.69) is 23.3 Å². The summed E-state index contributed by atoms with van der Waals surface area (Å²) in [5, 5.41) is 3.52. The molecule has 2 rings (SSSR count). The average Bonchev–Trinajstić information content (AvgIpc) is 3.25. The van der Waals surface area contributed by atoms with Crippen molar-refractivity contribution in [3.05, 3.63) is 30.1 Å². The SMILES string of the molecule is CCCCCCCCCCCCCCCCCCC1(c2cccnc2)NC(C(N)=O)CS1. The maximum Gasteiger partial charge on any atom is 0.235 e. The molecule has 182 valence electrons. The molecule has 1 aliphatic heterocycles. The maximum atomic E-state index is 11.7. The number of amides is 1. The fourth-order valence-electron chi connectivity index (χ4n) is 4.72. The first-order valence-corrected chi connectivity index (χ1v) is 14.3. The van der Waals surface area contributed by atoms with Crippen LogP contribution in [-0.2, 0) is 9.67 Å². The summed E-state index contributed by atoms with van der Waals surface area (Å²) in [5.74, 6) is 0.485. The van der Waals surface area contributed by atoms with Crippen molar-refractivity contribution in [1.82, 2.24) is 10.3 Å². The van der Waals surface area contributed by atoms with Gasteiger partial charge < -0.3 is 5.73 Å². The Balaban J connectivity index is 1.49. The first-order chi connectivity index (χ1) is 15.7. The highest BCUT2D eigenvalue weighted by molar-refractivity contribution is 8.00. The Morgan fingerprint density at radius 2 is 1.50 bits per heavy atom. The van der Waals surface area contributed by atoms with E-state index in [0.29, 0.717) is 0 Å². The summed E-state index contributed by atoms with van der Waals surface area (Å²) in [6.45, 7) is 2.29. The smallest absolute Gasteiger partial charge is 0.235 e. The Hall–Kier alpha value is -1.07. The lowest BCUT2D eigenvalue weighted by Crippen LogP contribution is -2.46. The summed E-state index contributed by atoms with van der Waals surface area (Å²) >= 11 is 1.81. The number of nitrogens with two attached hydrogens (primary N) is 1. The number of aromatic nitrogens is 1. The highest BCUT2D eigenvalue weighted by atomic mass is 32.2. The van der Waals surface area contributed by atoms with Gasteiger partial charge in [-0.1, -0.05) is 116 Å². The van der Waals surface area contributed by atoms with E-state index in [1.54, 1.807) is 6.20 Å². The average molecular weight is 462 g/mol. The molecule has 0 aliphatic carbocycles.